The Morgan fingerprint density at radius 3 is 2.62 bits per heavy atom. The van der Waals surface area contributed by atoms with E-state index in [2.05, 4.69) is 36.0 Å². The number of aryl methyl sites for hydroxylation is 1. The van der Waals surface area contributed by atoms with Gasteiger partial charge in [0.05, 0.1) is 0 Å². The number of carbonyl (C=O) groups is 1. The molecule has 0 saturated heterocycles. The maximum Gasteiger partial charge on any atom is 0.254 e. The zero-order valence-corrected chi connectivity index (χ0v) is 13.6. The summed E-state index contributed by atoms with van der Waals surface area (Å²) in [6, 6.07) is 4.28. The molecule has 2 rings (SSSR count). The largest absolute Gasteiger partial charge is 0.370 e. The van der Waals surface area contributed by atoms with E-state index in [1.165, 1.54) is 0 Å². The highest BCUT2D eigenvalue weighted by Crippen LogP contribution is 2.29. The molecule has 0 spiro atoms. The summed E-state index contributed by atoms with van der Waals surface area (Å²) in [5.74, 6) is 1.46. The molecule has 1 N–H and O–H groups in total. The van der Waals surface area contributed by atoms with Crippen LogP contribution in [0.15, 0.2) is 12.1 Å². The Hall–Kier alpha value is -1.58. The fraction of sp³-hybridized carbons (Fsp3) is 0.647. The predicted molar refractivity (Wildman–Crippen MR) is 86.7 cm³/mol. The van der Waals surface area contributed by atoms with E-state index < -0.39 is 0 Å². The number of carbonyl (C=O) groups excluding carboxylic acids is 1. The van der Waals surface area contributed by atoms with Crippen molar-refractivity contribution in [2.75, 3.05) is 18.4 Å². The van der Waals surface area contributed by atoms with Crippen molar-refractivity contribution in [3.05, 3.63) is 23.4 Å². The molecule has 1 amide bonds. The highest BCUT2D eigenvalue weighted by Gasteiger charge is 2.33. The molecule has 1 heterocycles. The van der Waals surface area contributed by atoms with Crippen LogP contribution in [-0.2, 0) is 6.42 Å². The molecule has 0 radical (unpaired) electrons. The molecular weight excluding hydrogens is 262 g/mol. The van der Waals surface area contributed by atoms with E-state index in [0.29, 0.717) is 12.0 Å². The minimum Gasteiger partial charge on any atom is -0.370 e. The quantitative estimate of drug-likeness (QED) is 0.837. The molecule has 116 valence electrons. The fourth-order valence-corrected chi connectivity index (χ4v) is 2.51. The van der Waals surface area contributed by atoms with E-state index in [-0.39, 0.29) is 5.91 Å². The number of nitrogens with zero attached hydrogens (tertiary/aromatic N) is 2. The van der Waals surface area contributed by atoms with Gasteiger partial charge in [-0.3, -0.25) is 4.79 Å². The first-order valence-corrected chi connectivity index (χ1v) is 8.10. The highest BCUT2D eigenvalue weighted by atomic mass is 16.2. The van der Waals surface area contributed by atoms with Gasteiger partial charge in [-0.05, 0) is 44.2 Å². The lowest BCUT2D eigenvalue weighted by atomic mass is 10.1. The molecule has 1 aliphatic carbocycles. The van der Waals surface area contributed by atoms with Crippen molar-refractivity contribution in [2.45, 2.75) is 53.0 Å². The van der Waals surface area contributed by atoms with E-state index in [9.17, 15) is 4.79 Å². The van der Waals surface area contributed by atoms with Crippen LogP contribution in [0.3, 0.4) is 0 Å². The van der Waals surface area contributed by atoms with Crippen molar-refractivity contribution in [1.82, 2.24) is 9.88 Å². The van der Waals surface area contributed by atoms with E-state index in [1.54, 1.807) is 0 Å². The Morgan fingerprint density at radius 2 is 2.10 bits per heavy atom. The molecule has 4 nitrogen and oxygen atoms in total. The molecule has 1 aliphatic rings. The van der Waals surface area contributed by atoms with Crippen molar-refractivity contribution in [3.8, 4) is 0 Å². The second-order valence-corrected chi connectivity index (χ2v) is 6.20. The summed E-state index contributed by atoms with van der Waals surface area (Å²) < 4.78 is 0. The molecular formula is C17H27N3O. The summed E-state index contributed by atoms with van der Waals surface area (Å²) in [6.45, 7) is 10.1. The van der Waals surface area contributed by atoms with Gasteiger partial charge >= 0.3 is 0 Å². The second kappa shape index (κ2) is 6.92. The number of hydrogen-bond donors (Lipinski definition) is 1. The molecule has 21 heavy (non-hydrogen) atoms. The van der Waals surface area contributed by atoms with Crippen LogP contribution >= 0.6 is 0 Å². The summed E-state index contributed by atoms with van der Waals surface area (Å²) in [5.41, 5.74) is 1.74. The maximum atomic E-state index is 12.9. The number of hydrogen-bond acceptors (Lipinski definition) is 3. The van der Waals surface area contributed by atoms with E-state index in [4.69, 9.17) is 0 Å². The van der Waals surface area contributed by atoms with Crippen LogP contribution in [0, 0.1) is 5.92 Å². The molecule has 4 heteroatoms. The third-order valence-electron chi connectivity index (χ3n) is 3.66. The Kier molecular flexibility index (Phi) is 5.21. The molecule has 1 aromatic heterocycles. The third kappa shape index (κ3) is 4.19. The Morgan fingerprint density at radius 1 is 1.38 bits per heavy atom. The normalized spacial score (nSPS) is 14.3. The smallest absolute Gasteiger partial charge is 0.254 e. The molecule has 0 unspecified atom stereocenters. The number of anilines is 1. The van der Waals surface area contributed by atoms with Crippen molar-refractivity contribution in [2.24, 2.45) is 5.92 Å². The number of pyridine rings is 1. The summed E-state index contributed by atoms with van der Waals surface area (Å²) in [4.78, 5) is 19.4. The number of aromatic nitrogens is 1. The topological polar surface area (TPSA) is 45.2 Å². The van der Waals surface area contributed by atoms with Gasteiger partial charge in [-0.2, -0.15) is 0 Å². The predicted octanol–water partition coefficient (Wildman–Crippen LogP) is 3.34. The lowest BCUT2D eigenvalue weighted by Crippen LogP contribution is -2.36. The maximum absolute atomic E-state index is 12.9. The lowest BCUT2D eigenvalue weighted by molar-refractivity contribution is 0.0722. The van der Waals surface area contributed by atoms with Gasteiger partial charge in [-0.15, -0.1) is 0 Å². The third-order valence-corrected chi connectivity index (χ3v) is 3.66. The summed E-state index contributed by atoms with van der Waals surface area (Å²) in [6.07, 6.45) is 3.13. The first kappa shape index (κ1) is 15.8. The first-order valence-electron chi connectivity index (χ1n) is 8.10. The fourth-order valence-electron chi connectivity index (χ4n) is 2.51. The van der Waals surface area contributed by atoms with Crippen LogP contribution in [-0.4, -0.2) is 34.9 Å². The van der Waals surface area contributed by atoms with Crippen molar-refractivity contribution in [3.63, 3.8) is 0 Å². The average Bonchev–Trinajstić information content (AvgIpc) is 3.28. The Balaban J connectivity index is 2.25. The van der Waals surface area contributed by atoms with Crippen LogP contribution in [0.4, 0.5) is 5.82 Å². The summed E-state index contributed by atoms with van der Waals surface area (Å²) in [7, 11) is 0. The van der Waals surface area contributed by atoms with Crippen molar-refractivity contribution in [1.29, 1.82) is 0 Å². The van der Waals surface area contributed by atoms with Gasteiger partial charge in [-0.25, -0.2) is 4.98 Å². The summed E-state index contributed by atoms with van der Waals surface area (Å²) >= 11 is 0. The Labute approximate surface area is 127 Å². The first-order chi connectivity index (χ1) is 10.0. The highest BCUT2D eigenvalue weighted by molar-refractivity contribution is 5.95. The molecule has 0 bridgehead atoms. The monoisotopic (exact) mass is 289 g/mol. The van der Waals surface area contributed by atoms with Crippen LogP contribution < -0.4 is 5.32 Å². The van der Waals surface area contributed by atoms with Gasteiger partial charge in [0.1, 0.15) is 5.82 Å². The molecule has 1 saturated carbocycles. The van der Waals surface area contributed by atoms with E-state index in [1.807, 2.05) is 19.1 Å². The standard InChI is InChI=1S/C17H27N3O/c1-5-14-9-13(10-16(19-14)18-6-2)17(21)20(11-12(3)4)15-7-8-15/h9-10,12,15H,5-8,11H2,1-4H3,(H,18,19). The number of nitrogens with one attached hydrogen (secondary N) is 1. The van der Waals surface area contributed by atoms with Gasteiger partial charge in [0.2, 0.25) is 0 Å². The van der Waals surface area contributed by atoms with E-state index >= 15 is 0 Å². The zero-order valence-electron chi connectivity index (χ0n) is 13.6. The van der Waals surface area contributed by atoms with Gasteiger partial charge in [-0.1, -0.05) is 20.8 Å². The molecule has 0 aromatic carbocycles. The Bertz CT molecular complexity index is 495. The lowest BCUT2D eigenvalue weighted by Gasteiger charge is -2.25. The van der Waals surface area contributed by atoms with Crippen molar-refractivity contribution < 1.29 is 4.79 Å². The minimum absolute atomic E-state index is 0.155. The van der Waals surface area contributed by atoms with Crippen molar-refractivity contribution >= 4 is 11.7 Å². The van der Waals surface area contributed by atoms with E-state index in [0.717, 1.165) is 49.4 Å². The van der Waals surface area contributed by atoms with Crippen LogP contribution in [0.25, 0.3) is 0 Å². The summed E-state index contributed by atoms with van der Waals surface area (Å²) in [5, 5.41) is 3.22. The molecule has 1 aromatic rings. The molecule has 1 fully saturated rings. The van der Waals surface area contributed by atoms with Crippen LogP contribution in [0.2, 0.25) is 0 Å². The van der Waals surface area contributed by atoms with Gasteiger partial charge in [0, 0.05) is 30.4 Å². The number of rotatable bonds is 7. The van der Waals surface area contributed by atoms with Gasteiger partial charge in [0.15, 0.2) is 0 Å². The zero-order chi connectivity index (χ0) is 15.4. The van der Waals surface area contributed by atoms with Crippen LogP contribution in [0.1, 0.15) is 56.6 Å². The average molecular weight is 289 g/mol. The second-order valence-electron chi connectivity index (χ2n) is 6.20. The SMILES string of the molecule is CCNc1cc(C(=O)N(CC(C)C)C2CC2)cc(CC)n1. The van der Waals surface area contributed by atoms with Gasteiger partial charge in [0.25, 0.3) is 5.91 Å². The molecule has 0 atom stereocenters. The minimum atomic E-state index is 0.155. The molecule has 0 aliphatic heterocycles. The van der Waals surface area contributed by atoms with Crippen LogP contribution in [0.5, 0.6) is 0 Å². The number of amides is 1. The van der Waals surface area contributed by atoms with Gasteiger partial charge < -0.3 is 10.2 Å².